The molecule has 2 aliphatic heterocycles. The van der Waals surface area contributed by atoms with Crippen molar-refractivity contribution in [1.82, 2.24) is 9.88 Å². The summed E-state index contributed by atoms with van der Waals surface area (Å²) in [6.07, 6.45) is 11.3. The van der Waals surface area contributed by atoms with Crippen LogP contribution in [-0.2, 0) is 14.3 Å². The second-order valence-corrected chi connectivity index (χ2v) is 18.2. The van der Waals surface area contributed by atoms with Crippen LogP contribution in [0.25, 0.3) is 10.9 Å². The van der Waals surface area contributed by atoms with Crippen molar-refractivity contribution in [2.24, 2.45) is 34.5 Å². The van der Waals surface area contributed by atoms with Crippen LogP contribution >= 0.6 is 0 Å². The van der Waals surface area contributed by atoms with Gasteiger partial charge in [-0.3, -0.25) is 14.4 Å². The summed E-state index contributed by atoms with van der Waals surface area (Å²) in [7, 11) is 1.48. The molecule has 5 unspecified atom stereocenters. The molecule has 4 saturated carbocycles. The molecule has 55 heavy (non-hydrogen) atoms. The lowest BCUT2D eigenvalue weighted by Gasteiger charge is -2.60. The number of piperidine rings is 1. The van der Waals surface area contributed by atoms with Gasteiger partial charge >= 0.3 is 5.97 Å². The maximum absolute atomic E-state index is 16.1. The molecule has 0 amide bonds. The van der Waals surface area contributed by atoms with E-state index in [1.165, 1.54) is 25.8 Å². The molecule has 9 rings (SSSR count). The Morgan fingerprint density at radius 1 is 1.09 bits per heavy atom. The van der Waals surface area contributed by atoms with Crippen LogP contribution < -0.4 is 20.4 Å². The van der Waals surface area contributed by atoms with Crippen LogP contribution in [0.15, 0.2) is 28.7 Å². The largest absolute Gasteiger partial charge is 0.492 e. The zero-order valence-corrected chi connectivity index (χ0v) is 32.1. The predicted molar refractivity (Wildman–Crippen MR) is 202 cm³/mol. The van der Waals surface area contributed by atoms with E-state index in [0.29, 0.717) is 49.5 Å². The Kier molecular flexibility index (Phi) is 8.90. The van der Waals surface area contributed by atoms with E-state index in [9.17, 15) is 29.4 Å². The third kappa shape index (κ3) is 5.58. The minimum Gasteiger partial charge on any atom is -0.492 e. The van der Waals surface area contributed by atoms with Crippen LogP contribution in [0.5, 0.6) is 5.75 Å². The third-order valence-electron chi connectivity index (χ3n) is 15.4. The average molecular weight is 759 g/mol. The molecule has 12 heteroatoms. The first kappa shape index (κ1) is 37.0. The van der Waals surface area contributed by atoms with Crippen molar-refractivity contribution in [3.05, 3.63) is 51.9 Å². The molecule has 1 radical (unpaired) electrons. The number of Topliss-reactive ketones (excluding diaryl/α,β-unsaturated/α-hetero) is 1. The SMILES string of the molecule is COc1c(N2CC3CCCNC3C2)c(F)cc2c(=O)c(C(=O)OC[CH]C(=O)[C@@]3(O)CCC4C5CCC6=CC(=O)CC[C@]6(C)C5[C@@H](O)C[C@@]43C)cn(C3CC3)c12. The molecule has 3 N–H and O–H groups in total. The van der Waals surface area contributed by atoms with Crippen molar-refractivity contribution < 1.29 is 38.5 Å². The van der Waals surface area contributed by atoms with E-state index in [0.717, 1.165) is 50.6 Å². The molecular formula is C43H53FN3O8. The van der Waals surface area contributed by atoms with Crippen LogP contribution in [0.4, 0.5) is 10.1 Å². The number of aromatic nitrogens is 1. The summed E-state index contributed by atoms with van der Waals surface area (Å²) in [5.41, 5.74) is -1.98. The molecule has 6 fully saturated rings. The molecule has 1 aromatic carbocycles. The third-order valence-corrected chi connectivity index (χ3v) is 15.4. The number of rotatable bonds is 8. The van der Waals surface area contributed by atoms with Gasteiger partial charge in [-0.15, -0.1) is 0 Å². The average Bonchev–Trinajstić information content (AvgIpc) is 3.85. The van der Waals surface area contributed by atoms with Crippen LogP contribution in [-0.4, -0.2) is 83.4 Å². The number of hydrogen-bond donors (Lipinski definition) is 3. The number of allylic oxidation sites excluding steroid dienone is 1. The Morgan fingerprint density at radius 3 is 2.64 bits per heavy atom. The Bertz CT molecular complexity index is 2050. The second kappa shape index (κ2) is 13.2. The van der Waals surface area contributed by atoms with Crippen molar-refractivity contribution >= 4 is 34.1 Å². The van der Waals surface area contributed by atoms with Gasteiger partial charge in [0.15, 0.2) is 23.1 Å². The fourth-order valence-electron chi connectivity index (χ4n) is 12.5. The zero-order valence-electron chi connectivity index (χ0n) is 32.1. The number of esters is 1. The zero-order chi connectivity index (χ0) is 38.6. The number of hydrogen-bond acceptors (Lipinski definition) is 10. The van der Waals surface area contributed by atoms with Crippen molar-refractivity contribution in [3.8, 4) is 5.75 Å². The van der Waals surface area contributed by atoms with Gasteiger partial charge < -0.3 is 34.5 Å². The quantitative estimate of drug-likeness (QED) is 0.320. The number of methoxy groups -OCH3 is 1. The van der Waals surface area contributed by atoms with E-state index < -0.39 is 46.7 Å². The molecule has 0 bridgehead atoms. The van der Waals surface area contributed by atoms with Crippen LogP contribution in [0.1, 0.15) is 101 Å². The lowest BCUT2D eigenvalue weighted by molar-refractivity contribution is -0.178. The summed E-state index contributed by atoms with van der Waals surface area (Å²) in [6.45, 7) is 5.86. The molecule has 9 atom stereocenters. The Hall–Kier alpha value is -3.61. The number of nitrogens with zero attached hydrogens (tertiary/aromatic N) is 2. The minimum atomic E-state index is -1.76. The number of aliphatic hydroxyl groups excluding tert-OH is 1. The number of halogens is 1. The fraction of sp³-hybridized carbons (Fsp3) is 0.651. The number of nitrogens with one attached hydrogen (secondary N) is 1. The van der Waals surface area contributed by atoms with Gasteiger partial charge in [0.1, 0.15) is 23.5 Å². The number of carbonyl (C=O) groups is 3. The number of anilines is 1. The van der Waals surface area contributed by atoms with E-state index in [4.69, 9.17) is 9.47 Å². The predicted octanol–water partition coefficient (Wildman–Crippen LogP) is 4.84. The van der Waals surface area contributed by atoms with Gasteiger partial charge in [0, 0.05) is 43.2 Å². The van der Waals surface area contributed by atoms with Gasteiger partial charge in [-0.1, -0.05) is 19.4 Å². The smallest absolute Gasteiger partial charge is 0.343 e. The van der Waals surface area contributed by atoms with Gasteiger partial charge in [-0.2, -0.15) is 0 Å². The number of ketones is 2. The van der Waals surface area contributed by atoms with Crippen molar-refractivity contribution in [2.75, 3.05) is 38.3 Å². The first-order chi connectivity index (χ1) is 26.3. The van der Waals surface area contributed by atoms with Gasteiger partial charge in [0.2, 0.25) is 5.43 Å². The lowest BCUT2D eigenvalue weighted by Crippen LogP contribution is -2.61. The first-order valence-electron chi connectivity index (χ1n) is 20.4. The molecular weight excluding hydrogens is 705 g/mol. The lowest BCUT2D eigenvalue weighted by atomic mass is 9.45. The topological polar surface area (TPSA) is 147 Å². The highest BCUT2D eigenvalue weighted by molar-refractivity contribution is 5.99. The highest BCUT2D eigenvalue weighted by Crippen LogP contribution is 2.67. The molecule has 295 valence electrons. The maximum Gasteiger partial charge on any atom is 0.343 e. The first-order valence-corrected chi connectivity index (χ1v) is 20.4. The van der Waals surface area contributed by atoms with Gasteiger partial charge in [0.05, 0.1) is 30.5 Å². The minimum absolute atomic E-state index is 0.00328. The van der Waals surface area contributed by atoms with Crippen LogP contribution in [0, 0.1) is 46.7 Å². The molecule has 3 heterocycles. The molecule has 5 aliphatic carbocycles. The number of fused-ring (bicyclic) bond motifs is 7. The number of aliphatic hydroxyl groups is 2. The number of pyridine rings is 1. The molecule has 1 aromatic heterocycles. The number of carbonyl (C=O) groups excluding carboxylic acids is 3. The monoisotopic (exact) mass is 758 g/mol. The van der Waals surface area contributed by atoms with E-state index in [1.54, 1.807) is 6.08 Å². The van der Waals surface area contributed by atoms with E-state index in [1.807, 2.05) is 16.4 Å². The van der Waals surface area contributed by atoms with Crippen molar-refractivity contribution in [2.45, 2.75) is 108 Å². The summed E-state index contributed by atoms with van der Waals surface area (Å²) in [4.78, 5) is 55.7. The summed E-state index contributed by atoms with van der Waals surface area (Å²) >= 11 is 0. The van der Waals surface area contributed by atoms with Crippen LogP contribution in [0.2, 0.25) is 0 Å². The van der Waals surface area contributed by atoms with Gasteiger partial charge in [0.25, 0.3) is 0 Å². The molecule has 7 aliphatic rings. The van der Waals surface area contributed by atoms with E-state index >= 15 is 4.39 Å². The van der Waals surface area contributed by atoms with Gasteiger partial charge in [-0.25, -0.2) is 9.18 Å². The highest BCUT2D eigenvalue weighted by atomic mass is 19.1. The molecule has 2 saturated heterocycles. The highest BCUT2D eigenvalue weighted by Gasteiger charge is 2.68. The summed E-state index contributed by atoms with van der Waals surface area (Å²) in [5.74, 6) is -1.22. The standard InChI is InChI=1S/C43H53FN3O8/c1-41-13-10-26(48)17-24(41)6-9-27-30-11-14-43(53,42(30,2)19-33(49)35(27)41)34(50)12-16-55-40(52)29-21-47(25-7-8-25)36-28(38(29)51)18-31(44)37(39(36)54-3)46-20-23-5-4-15-45-32(23)22-46/h12,17-18,21,23,25,27,30,32-33,35,45,49,53H,4-11,13-16,19-20,22H2,1-3H3/t23?,27?,30?,32?,33-,35?,41-,42-,43-/m0/s1. The van der Waals surface area contributed by atoms with Crippen molar-refractivity contribution in [3.63, 3.8) is 0 Å². The van der Waals surface area contributed by atoms with E-state index in [2.05, 4.69) is 12.2 Å². The summed E-state index contributed by atoms with van der Waals surface area (Å²) in [5, 5.41) is 27.4. The molecule has 11 nitrogen and oxygen atoms in total. The fourth-order valence-corrected chi connectivity index (χ4v) is 12.5. The van der Waals surface area contributed by atoms with Crippen molar-refractivity contribution in [1.29, 1.82) is 0 Å². The Balaban J connectivity index is 0.931. The maximum atomic E-state index is 16.1. The second-order valence-electron chi connectivity index (χ2n) is 18.2. The van der Waals surface area contributed by atoms with Gasteiger partial charge in [-0.05, 0) is 112 Å². The molecule has 2 aromatic rings. The number of ether oxygens (including phenoxy) is 2. The number of benzene rings is 1. The Labute approximate surface area is 320 Å². The summed E-state index contributed by atoms with van der Waals surface area (Å²) in [6, 6.07) is 1.48. The summed E-state index contributed by atoms with van der Waals surface area (Å²) < 4.78 is 29.3. The Morgan fingerprint density at radius 2 is 1.89 bits per heavy atom. The molecule has 0 spiro atoms. The normalized spacial score (nSPS) is 36.8. The van der Waals surface area contributed by atoms with E-state index in [-0.39, 0.29) is 70.6 Å². The van der Waals surface area contributed by atoms with Crippen LogP contribution in [0.3, 0.4) is 0 Å².